The van der Waals surface area contributed by atoms with Crippen LogP contribution < -0.4 is 5.32 Å². The van der Waals surface area contributed by atoms with Crippen LogP contribution in [0.4, 0.5) is 0 Å². The molecule has 1 aromatic carbocycles. The van der Waals surface area contributed by atoms with Gasteiger partial charge in [-0.1, -0.05) is 30.3 Å². The molecule has 3 fully saturated rings. The van der Waals surface area contributed by atoms with Crippen molar-refractivity contribution < 1.29 is 0 Å². The zero-order chi connectivity index (χ0) is 11.7. The summed E-state index contributed by atoms with van der Waals surface area (Å²) < 4.78 is 0. The fourth-order valence-corrected chi connectivity index (χ4v) is 3.31. The van der Waals surface area contributed by atoms with Crippen molar-refractivity contribution in [3.05, 3.63) is 35.9 Å². The molecule has 108 valence electrons. The highest BCUT2D eigenvalue weighted by molar-refractivity contribution is 5.85. The average molecular weight is 303 g/mol. The zero-order valence-corrected chi connectivity index (χ0v) is 13.1. The molecule has 3 saturated heterocycles. The first-order valence-electron chi connectivity index (χ1n) is 6.86. The van der Waals surface area contributed by atoms with Crippen molar-refractivity contribution >= 4 is 24.8 Å². The highest BCUT2D eigenvalue weighted by atomic mass is 35.5. The van der Waals surface area contributed by atoms with Crippen LogP contribution in [0.25, 0.3) is 0 Å². The number of benzene rings is 1. The van der Waals surface area contributed by atoms with Crippen molar-refractivity contribution in [2.75, 3.05) is 19.6 Å². The molecule has 2 bridgehead atoms. The minimum absolute atomic E-state index is 0. The Hall–Kier alpha value is -0.280. The van der Waals surface area contributed by atoms with Crippen molar-refractivity contribution in [1.82, 2.24) is 10.2 Å². The lowest BCUT2D eigenvalue weighted by atomic mass is 9.83. The number of rotatable bonds is 3. The van der Waals surface area contributed by atoms with Gasteiger partial charge in [0, 0.05) is 18.6 Å². The predicted molar refractivity (Wildman–Crippen MR) is 85.4 cm³/mol. The van der Waals surface area contributed by atoms with E-state index < -0.39 is 0 Å². The maximum absolute atomic E-state index is 3.82. The van der Waals surface area contributed by atoms with Gasteiger partial charge >= 0.3 is 0 Å². The molecule has 0 aliphatic carbocycles. The lowest BCUT2D eigenvalue weighted by molar-refractivity contribution is 0.0680. The van der Waals surface area contributed by atoms with Gasteiger partial charge in [0.1, 0.15) is 0 Å². The molecular weight excluding hydrogens is 279 g/mol. The van der Waals surface area contributed by atoms with Crippen molar-refractivity contribution in [2.24, 2.45) is 5.92 Å². The van der Waals surface area contributed by atoms with Crippen molar-refractivity contribution in [1.29, 1.82) is 0 Å². The van der Waals surface area contributed by atoms with E-state index in [1.807, 2.05) is 0 Å². The number of piperidine rings is 3. The van der Waals surface area contributed by atoms with Gasteiger partial charge in [0.2, 0.25) is 0 Å². The number of fused-ring (bicyclic) bond motifs is 3. The second kappa shape index (κ2) is 7.49. The van der Waals surface area contributed by atoms with Gasteiger partial charge < -0.3 is 10.2 Å². The van der Waals surface area contributed by atoms with Gasteiger partial charge in [-0.15, -0.1) is 24.8 Å². The van der Waals surface area contributed by atoms with E-state index in [1.54, 1.807) is 0 Å². The first-order valence-corrected chi connectivity index (χ1v) is 6.86. The van der Waals surface area contributed by atoms with Crippen LogP contribution in [0.2, 0.25) is 0 Å². The third kappa shape index (κ3) is 3.85. The number of nitrogens with zero attached hydrogens (tertiary/aromatic N) is 1. The maximum Gasteiger partial charge on any atom is 0.0294 e. The molecule has 4 heteroatoms. The van der Waals surface area contributed by atoms with E-state index in [0.29, 0.717) is 12.1 Å². The van der Waals surface area contributed by atoms with Gasteiger partial charge in [-0.2, -0.15) is 0 Å². The minimum Gasteiger partial charge on any atom is -0.306 e. The second-order valence-electron chi connectivity index (χ2n) is 5.54. The molecule has 0 radical (unpaired) electrons. The molecular formula is C15H24Cl2N2. The number of nitrogens with one attached hydrogen (secondary N) is 1. The second-order valence-corrected chi connectivity index (χ2v) is 5.54. The third-order valence-electron chi connectivity index (χ3n) is 4.42. The van der Waals surface area contributed by atoms with Gasteiger partial charge in [0.05, 0.1) is 0 Å². The fraction of sp³-hybridized carbons (Fsp3) is 0.600. The molecule has 0 aromatic heterocycles. The smallest absolute Gasteiger partial charge is 0.0294 e. The summed E-state index contributed by atoms with van der Waals surface area (Å²) in [6.45, 7) is 6.18. The van der Waals surface area contributed by atoms with Crippen LogP contribution in [-0.4, -0.2) is 30.6 Å². The highest BCUT2D eigenvalue weighted by Gasteiger charge is 2.34. The van der Waals surface area contributed by atoms with Crippen LogP contribution in [0, 0.1) is 5.92 Å². The van der Waals surface area contributed by atoms with E-state index >= 15 is 0 Å². The van der Waals surface area contributed by atoms with E-state index in [0.717, 1.165) is 5.92 Å². The quantitative estimate of drug-likeness (QED) is 0.922. The van der Waals surface area contributed by atoms with Crippen molar-refractivity contribution in [3.63, 3.8) is 0 Å². The largest absolute Gasteiger partial charge is 0.306 e. The SMILES string of the molecule is C[C@@H](NC1CN2CCC1CC2)c1ccccc1.Cl.Cl. The van der Waals surface area contributed by atoms with Crippen LogP contribution in [0.3, 0.4) is 0 Å². The molecule has 1 aromatic rings. The Bertz CT molecular complexity index is 364. The van der Waals surface area contributed by atoms with Crippen LogP contribution in [0.5, 0.6) is 0 Å². The molecule has 4 rings (SSSR count). The zero-order valence-electron chi connectivity index (χ0n) is 11.4. The van der Waals surface area contributed by atoms with Crippen LogP contribution >= 0.6 is 24.8 Å². The number of hydrogen-bond donors (Lipinski definition) is 1. The molecule has 2 nitrogen and oxygen atoms in total. The molecule has 3 aliphatic heterocycles. The third-order valence-corrected chi connectivity index (χ3v) is 4.42. The Morgan fingerprint density at radius 3 is 2.26 bits per heavy atom. The lowest BCUT2D eigenvalue weighted by Gasteiger charge is -2.46. The summed E-state index contributed by atoms with van der Waals surface area (Å²) in [6, 6.07) is 12.0. The van der Waals surface area contributed by atoms with E-state index in [1.165, 1.54) is 38.0 Å². The summed E-state index contributed by atoms with van der Waals surface area (Å²) in [6.07, 6.45) is 2.78. The average Bonchev–Trinajstić information content (AvgIpc) is 2.41. The topological polar surface area (TPSA) is 15.3 Å². The Labute approximate surface area is 128 Å². The summed E-state index contributed by atoms with van der Waals surface area (Å²) in [7, 11) is 0. The summed E-state index contributed by atoms with van der Waals surface area (Å²) in [5.41, 5.74) is 1.41. The molecule has 1 N–H and O–H groups in total. The molecule has 19 heavy (non-hydrogen) atoms. The molecule has 2 atom stereocenters. The Morgan fingerprint density at radius 1 is 1.11 bits per heavy atom. The molecule has 3 aliphatic rings. The molecule has 0 spiro atoms. The fourth-order valence-electron chi connectivity index (χ4n) is 3.31. The normalized spacial score (nSPS) is 30.1. The van der Waals surface area contributed by atoms with E-state index in [2.05, 4.69) is 47.5 Å². The first kappa shape index (κ1) is 16.8. The van der Waals surface area contributed by atoms with Gasteiger partial charge in [0.15, 0.2) is 0 Å². The van der Waals surface area contributed by atoms with Crippen molar-refractivity contribution in [3.8, 4) is 0 Å². The monoisotopic (exact) mass is 302 g/mol. The predicted octanol–water partition coefficient (Wildman–Crippen LogP) is 3.28. The van der Waals surface area contributed by atoms with Gasteiger partial charge in [-0.25, -0.2) is 0 Å². The Kier molecular flexibility index (Phi) is 6.61. The Morgan fingerprint density at radius 2 is 1.74 bits per heavy atom. The van der Waals surface area contributed by atoms with E-state index in [-0.39, 0.29) is 24.8 Å². The van der Waals surface area contributed by atoms with E-state index in [9.17, 15) is 0 Å². The molecule has 3 heterocycles. The molecule has 0 amide bonds. The minimum atomic E-state index is 0. The molecule has 1 unspecified atom stereocenters. The van der Waals surface area contributed by atoms with E-state index in [4.69, 9.17) is 0 Å². The van der Waals surface area contributed by atoms with Crippen molar-refractivity contribution in [2.45, 2.75) is 31.8 Å². The van der Waals surface area contributed by atoms with Gasteiger partial charge in [-0.05, 0) is 44.3 Å². The number of hydrogen-bond acceptors (Lipinski definition) is 2. The lowest BCUT2D eigenvalue weighted by Crippen LogP contribution is -2.56. The number of halogens is 2. The maximum atomic E-state index is 3.82. The summed E-state index contributed by atoms with van der Waals surface area (Å²) in [4.78, 5) is 2.61. The van der Waals surface area contributed by atoms with Gasteiger partial charge in [-0.3, -0.25) is 0 Å². The Balaban J connectivity index is 0.000000902. The summed E-state index contributed by atoms with van der Waals surface area (Å²) in [5.74, 6) is 0.908. The molecule has 0 saturated carbocycles. The standard InChI is InChI=1S/C15H22N2.2ClH/c1-12(13-5-3-2-4-6-13)16-15-11-17-9-7-14(15)8-10-17;;/h2-6,12,14-16H,7-11H2,1H3;2*1H/t12-,15?;;/m1../s1. The summed E-state index contributed by atoms with van der Waals surface area (Å²) >= 11 is 0. The van der Waals surface area contributed by atoms with Crippen LogP contribution in [-0.2, 0) is 0 Å². The van der Waals surface area contributed by atoms with Gasteiger partial charge in [0.25, 0.3) is 0 Å². The summed E-state index contributed by atoms with van der Waals surface area (Å²) in [5, 5.41) is 3.82. The highest BCUT2D eigenvalue weighted by Crippen LogP contribution is 2.29. The van der Waals surface area contributed by atoms with Crippen LogP contribution in [0.1, 0.15) is 31.4 Å². The first-order chi connectivity index (χ1) is 8.33. The van der Waals surface area contributed by atoms with Crippen LogP contribution in [0.15, 0.2) is 30.3 Å².